The summed E-state index contributed by atoms with van der Waals surface area (Å²) in [5.74, 6) is 0. The Labute approximate surface area is 130 Å². The van der Waals surface area contributed by atoms with Crippen molar-refractivity contribution in [2.24, 2.45) is 0 Å². The molecule has 1 rings (SSSR count). The highest BCUT2D eigenvalue weighted by Crippen LogP contribution is 2.12. The van der Waals surface area contributed by atoms with Gasteiger partial charge in [0.25, 0.3) is 0 Å². The summed E-state index contributed by atoms with van der Waals surface area (Å²) in [7, 11) is 0. The lowest BCUT2D eigenvalue weighted by atomic mass is 10.0. The zero-order chi connectivity index (χ0) is 15.7. The molecule has 0 radical (unpaired) electrons. The smallest absolute Gasteiger partial charge is 0.0785 e. The first-order chi connectivity index (χ1) is 9.92. The maximum absolute atomic E-state index is 5.87. The molecule has 0 aliphatic heterocycles. The Morgan fingerprint density at radius 2 is 1.81 bits per heavy atom. The van der Waals surface area contributed by atoms with Crippen LogP contribution >= 0.6 is 0 Å². The van der Waals surface area contributed by atoms with Gasteiger partial charge < -0.3 is 14.8 Å². The second kappa shape index (κ2) is 9.19. The van der Waals surface area contributed by atoms with E-state index in [9.17, 15) is 0 Å². The van der Waals surface area contributed by atoms with Crippen LogP contribution in [0.5, 0.6) is 0 Å². The minimum absolute atomic E-state index is 0.130. The van der Waals surface area contributed by atoms with Crippen LogP contribution in [0.4, 0.5) is 0 Å². The molecule has 21 heavy (non-hydrogen) atoms. The van der Waals surface area contributed by atoms with Crippen LogP contribution in [0.3, 0.4) is 0 Å². The molecule has 0 spiro atoms. The third-order valence-corrected chi connectivity index (χ3v) is 3.25. The van der Waals surface area contributed by atoms with E-state index in [0.717, 1.165) is 19.6 Å². The summed E-state index contributed by atoms with van der Waals surface area (Å²) in [5, 5.41) is 3.53. The fourth-order valence-corrected chi connectivity index (χ4v) is 2.08. The maximum Gasteiger partial charge on any atom is 0.0785 e. The van der Waals surface area contributed by atoms with Gasteiger partial charge in [0.05, 0.1) is 19.3 Å². The van der Waals surface area contributed by atoms with Crippen molar-refractivity contribution < 1.29 is 9.47 Å². The Balaban J connectivity index is 2.47. The second-order valence-corrected chi connectivity index (χ2v) is 6.48. The van der Waals surface area contributed by atoms with Crippen LogP contribution in [0, 0.1) is 0 Å². The molecule has 0 saturated heterocycles. The van der Waals surface area contributed by atoms with Crippen LogP contribution in [-0.4, -0.2) is 31.4 Å². The van der Waals surface area contributed by atoms with Gasteiger partial charge in [-0.05, 0) is 58.7 Å². The van der Waals surface area contributed by atoms with Gasteiger partial charge >= 0.3 is 0 Å². The van der Waals surface area contributed by atoms with E-state index in [1.165, 1.54) is 11.1 Å². The van der Waals surface area contributed by atoms with Gasteiger partial charge in [-0.2, -0.15) is 0 Å². The van der Waals surface area contributed by atoms with E-state index in [0.29, 0.717) is 13.2 Å². The van der Waals surface area contributed by atoms with E-state index >= 15 is 0 Å². The number of hydrogen-bond donors (Lipinski definition) is 1. The van der Waals surface area contributed by atoms with Crippen molar-refractivity contribution in [1.29, 1.82) is 0 Å². The van der Waals surface area contributed by atoms with Crippen LogP contribution in [0.15, 0.2) is 24.3 Å². The van der Waals surface area contributed by atoms with Crippen molar-refractivity contribution in [3.63, 3.8) is 0 Å². The summed E-state index contributed by atoms with van der Waals surface area (Å²) in [5.41, 5.74) is 2.80. The quantitative estimate of drug-likeness (QED) is 0.755. The number of hydrogen-bond acceptors (Lipinski definition) is 3. The Morgan fingerprint density at radius 1 is 1.14 bits per heavy atom. The van der Waals surface area contributed by atoms with Crippen molar-refractivity contribution in [3.8, 4) is 0 Å². The van der Waals surface area contributed by atoms with Gasteiger partial charge in [0, 0.05) is 12.1 Å². The highest BCUT2D eigenvalue weighted by molar-refractivity contribution is 5.26. The first-order valence-electron chi connectivity index (χ1n) is 7.93. The zero-order valence-corrected chi connectivity index (χ0v) is 14.2. The van der Waals surface area contributed by atoms with Crippen LogP contribution in [0.2, 0.25) is 0 Å². The van der Waals surface area contributed by atoms with Crippen molar-refractivity contribution in [2.45, 2.75) is 59.3 Å². The summed E-state index contributed by atoms with van der Waals surface area (Å²) in [6, 6.07) is 8.52. The van der Waals surface area contributed by atoms with E-state index in [1.807, 2.05) is 6.92 Å². The molecule has 0 aliphatic carbocycles. The van der Waals surface area contributed by atoms with Gasteiger partial charge in [-0.3, -0.25) is 0 Å². The van der Waals surface area contributed by atoms with Crippen molar-refractivity contribution in [2.75, 3.05) is 19.8 Å². The van der Waals surface area contributed by atoms with Crippen LogP contribution < -0.4 is 5.32 Å². The molecule has 1 atom stereocenters. The van der Waals surface area contributed by atoms with Gasteiger partial charge in [0.2, 0.25) is 0 Å². The monoisotopic (exact) mass is 293 g/mol. The van der Waals surface area contributed by atoms with Gasteiger partial charge in [0.15, 0.2) is 0 Å². The van der Waals surface area contributed by atoms with Crippen LogP contribution in [-0.2, 0) is 22.5 Å². The molecule has 1 aromatic carbocycles. The average molecular weight is 293 g/mol. The minimum atomic E-state index is 0.130. The highest BCUT2D eigenvalue weighted by Gasteiger charge is 2.09. The summed E-state index contributed by atoms with van der Waals surface area (Å²) in [6.07, 6.45) is 1.15. The molecule has 0 fully saturated rings. The first kappa shape index (κ1) is 18.1. The second-order valence-electron chi connectivity index (χ2n) is 6.48. The lowest BCUT2D eigenvalue weighted by molar-refractivity contribution is -0.0118. The lowest BCUT2D eigenvalue weighted by Crippen LogP contribution is -2.37. The predicted octanol–water partition coefficient (Wildman–Crippen LogP) is 3.56. The molecule has 3 heteroatoms. The number of rotatable bonds is 9. The third-order valence-electron chi connectivity index (χ3n) is 3.25. The molecule has 0 aliphatic rings. The van der Waals surface area contributed by atoms with E-state index in [2.05, 4.69) is 57.3 Å². The molecule has 0 heterocycles. The molecule has 3 nitrogen and oxygen atoms in total. The molecule has 1 aromatic rings. The van der Waals surface area contributed by atoms with E-state index in [1.54, 1.807) is 0 Å². The summed E-state index contributed by atoms with van der Waals surface area (Å²) < 4.78 is 11.3. The Kier molecular flexibility index (Phi) is 7.94. The number of ether oxygens (including phenoxy) is 2. The summed E-state index contributed by atoms with van der Waals surface area (Å²) in [4.78, 5) is 0. The Morgan fingerprint density at radius 3 is 2.43 bits per heavy atom. The number of benzene rings is 1. The van der Waals surface area contributed by atoms with E-state index in [4.69, 9.17) is 9.47 Å². The van der Waals surface area contributed by atoms with Crippen LogP contribution in [0.1, 0.15) is 45.7 Å². The predicted molar refractivity (Wildman–Crippen MR) is 88.6 cm³/mol. The summed E-state index contributed by atoms with van der Waals surface area (Å²) in [6.45, 7) is 13.7. The van der Waals surface area contributed by atoms with Gasteiger partial charge in [0.1, 0.15) is 0 Å². The minimum Gasteiger partial charge on any atom is -0.379 e. The molecule has 0 amide bonds. The molecule has 120 valence electrons. The maximum atomic E-state index is 5.87. The van der Waals surface area contributed by atoms with Crippen LogP contribution in [0.25, 0.3) is 0 Å². The van der Waals surface area contributed by atoms with E-state index < -0.39 is 0 Å². The molecule has 0 saturated carbocycles. The fraction of sp³-hybridized carbons (Fsp3) is 0.667. The lowest BCUT2D eigenvalue weighted by Gasteiger charge is -2.21. The number of nitrogens with one attached hydrogen (secondary N) is 1. The SMILES string of the molecule is CCOCC(C)OCc1ccccc1CCNC(C)(C)C. The van der Waals surface area contributed by atoms with Gasteiger partial charge in [-0.25, -0.2) is 0 Å². The molecule has 1 unspecified atom stereocenters. The van der Waals surface area contributed by atoms with Gasteiger partial charge in [-0.1, -0.05) is 24.3 Å². The molecule has 1 N–H and O–H groups in total. The fourth-order valence-electron chi connectivity index (χ4n) is 2.08. The average Bonchev–Trinajstić information content (AvgIpc) is 2.42. The van der Waals surface area contributed by atoms with Crippen molar-refractivity contribution in [3.05, 3.63) is 35.4 Å². The molecular formula is C18H31NO2. The Hall–Kier alpha value is -0.900. The van der Waals surface area contributed by atoms with Crippen molar-refractivity contribution in [1.82, 2.24) is 5.32 Å². The topological polar surface area (TPSA) is 30.5 Å². The molecule has 0 bridgehead atoms. The van der Waals surface area contributed by atoms with Gasteiger partial charge in [-0.15, -0.1) is 0 Å². The normalized spacial score (nSPS) is 13.4. The largest absolute Gasteiger partial charge is 0.379 e. The highest BCUT2D eigenvalue weighted by atomic mass is 16.5. The van der Waals surface area contributed by atoms with Crippen molar-refractivity contribution >= 4 is 0 Å². The summed E-state index contributed by atoms with van der Waals surface area (Å²) >= 11 is 0. The Bertz CT molecular complexity index is 398. The first-order valence-corrected chi connectivity index (χ1v) is 7.93. The third kappa shape index (κ3) is 8.20. The molecular weight excluding hydrogens is 262 g/mol. The molecule has 0 aromatic heterocycles. The zero-order valence-electron chi connectivity index (χ0n) is 14.2. The standard InChI is InChI=1S/C18H31NO2/c1-6-20-13-15(2)21-14-17-10-8-7-9-16(17)11-12-19-18(3,4)5/h7-10,15,19H,6,11-14H2,1-5H3. The van der Waals surface area contributed by atoms with E-state index in [-0.39, 0.29) is 11.6 Å².